The van der Waals surface area contributed by atoms with Crippen molar-refractivity contribution in [1.29, 1.82) is 0 Å². The molecule has 1 aliphatic heterocycles. The average Bonchev–Trinajstić information content (AvgIpc) is 3.46. The summed E-state index contributed by atoms with van der Waals surface area (Å²) in [7, 11) is 1.80. The molecule has 1 aromatic heterocycles. The van der Waals surface area contributed by atoms with Crippen LogP contribution in [0.4, 0.5) is 0 Å². The van der Waals surface area contributed by atoms with E-state index in [0.717, 1.165) is 49.9 Å². The first-order valence-corrected chi connectivity index (χ1v) is 11.4. The van der Waals surface area contributed by atoms with E-state index in [-0.39, 0.29) is 0 Å². The highest BCUT2D eigenvalue weighted by atomic mass is 16.5. The predicted octanol–water partition coefficient (Wildman–Crippen LogP) is 4.11. The molecule has 6 nitrogen and oxygen atoms in total. The highest BCUT2D eigenvalue weighted by molar-refractivity contribution is 5.86. The number of H-pyrrole nitrogens is 1. The van der Waals surface area contributed by atoms with Crippen LogP contribution in [0.3, 0.4) is 0 Å². The second-order valence-electron chi connectivity index (χ2n) is 8.57. The van der Waals surface area contributed by atoms with Gasteiger partial charge in [-0.25, -0.2) is 0 Å². The standard InChI is InChI=1S/C26H34N4O2/c1-18-7-8-22(24(13-18)32-17-20-10-12-31-16-20)15-30-26(27-3)28-11-9-21-14-29-25-19(2)5-4-6-23(21)25/h4-8,13-14,20,29H,9-12,15-17H2,1-3H3,(H2,27,28,30). The maximum absolute atomic E-state index is 6.16. The summed E-state index contributed by atoms with van der Waals surface area (Å²) in [5.41, 5.74) is 6.14. The maximum atomic E-state index is 6.16. The summed E-state index contributed by atoms with van der Waals surface area (Å²) in [6, 6.07) is 12.8. The smallest absolute Gasteiger partial charge is 0.191 e. The van der Waals surface area contributed by atoms with Gasteiger partial charge in [-0.05, 0) is 49.4 Å². The Bertz CT molecular complexity index is 1070. The highest BCUT2D eigenvalue weighted by Crippen LogP contribution is 2.23. The predicted molar refractivity (Wildman–Crippen MR) is 131 cm³/mol. The van der Waals surface area contributed by atoms with Crippen LogP contribution in [0.25, 0.3) is 10.9 Å². The van der Waals surface area contributed by atoms with E-state index in [1.807, 2.05) is 0 Å². The molecule has 0 aliphatic carbocycles. The summed E-state index contributed by atoms with van der Waals surface area (Å²) in [6.45, 7) is 8.03. The number of fused-ring (bicyclic) bond motifs is 1. The number of benzene rings is 2. The quantitative estimate of drug-likeness (QED) is 0.369. The van der Waals surface area contributed by atoms with Crippen molar-refractivity contribution in [3.8, 4) is 5.75 Å². The topological polar surface area (TPSA) is 70.7 Å². The molecule has 1 aliphatic rings. The van der Waals surface area contributed by atoms with Crippen LogP contribution in [-0.4, -0.2) is 44.4 Å². The summed E-state index contributed by atoms with van der Waals surface area (Å²) in [5.74, 6) is 2.21. The molecule has 3 aromatic rings. The molecule has 0 saturated carbocycles. The molecular formula is C26H34N4O2. The van der Waals surface area contributed by atoms with Gasteiger partial charge < -0.3 is 25.1 Å². The third-order valence-corrected chi connectivity index (χ3v) is 6.09. The number of hydrogen-bond acceptors (Lipinski definition) is 3. The lowest BCUT2D eigenvalue weighted by atomic mass is 10.1. The molecule has 6 heteroatoms. The SMILES string of the molecule is CN=C(NCCc1c[nH]c2c(C)cccc12)NCc1ccc(C)cc1OCC1CCOC1. The van der Waals surface area contributed by atoms with Crippen molar-refractivity contribution in [1.82, 2.24) is 15.6 Å². The van der Waals surface area contributed by atoms with E-state index in [9.17, 15) is 0 Å². The van der Waals surface area contributed by atoms with Gasteiger partial charge >= 0.3 is 0 Å². The minimum Gasteiger partial charge on any atom is -0.493 e. The Hall–Kier alpha value is -2.99. The Morgan fingerprint density at radius 2 is 2.09 bits per heavy atom. The van der Waals surface area contributed by atoms with E-state index in [1.54, 1.807) is 7.05 Å². The molecule has 0 bridgehead atoms. The molecule has 3 N–H and O–H groups in total. The second kappa shape index (κ2) is 10.6. The zero-order valence-electron chi connectivity index (χ0n) is 19.3. The molecular weight excluding hydrogens is 400 g/mol. The van der Waals surface area contributed by atoms with Crippen LogP contribution in [0.15, 0.2) is 47.6 Å². The van der Waals surface area contributed by atoms with Crippen molar-refractivity contribution in [2.45, 2.75) is 33.2 Å². The minimum atomic E-state index is 0.485. The third-order valence-electron chi connectivity index (χ3n) is 6.09. The lowest BCUT2D eigenvalue weighted by Gasteiger charge is -2.17. The normalized spacial score (nSPS) is 16.5. The van der Waals surface area contributed by atoms with Crippen LogP contribution in [0.5, 0.6) is 5.75 Å². The Morgan fingerprint density at radius 3 is 2.91 bits per heavy atom. The molecule has 170 valence electrons. The minimum absolute atomic E-state index is 0.485. The van der Waals surface area contributed by atoms with Gasteiger partial charge in [0.25, 0.3) is 0 Å². The number of aryl methyl sites for hydroxylation is 2. The largest absolute Gasteiger partial charge is 0.493 e. The lowest BCUT2D eigenvalue weighted by Crippen LogP contribution is -2.37. The number of aromatic nitrogens is 1. The van der Waals surface area contributed by atoms with Gasteiger partial charge in [0.05, 0.1) is 13.2 Å². The molecule has 1 saturated heterocycles. The molecule has 0 amide bonds. The van der Waals surface area contributed by atoms with E-state index < -0.39 is 0 Å². The fraction of sp³-hybridized carbons (Fsp3) is 0.423. The van der Waals surface area contributed by atoms with Crippen molar-refractivity contribution in [3.05, 3.63) is 64.8 Å². The number of hydrogen-bond donors (Lipinski definition) is 3. The van der Waals surface area contributed by atoms with Crippen LogP contribution in [0, 0.1) is 19.8 Å². The number of rotatable bonds is 8. The van der Waals surface area contributed by atoms with E-state index in [4.69, 9.17) is 9.47 Å². The van der Waals surface area contributed by atoms with Crippen LogP contribution in [0.1, 0.15) is 28.7 Å². The number of nitrogens with zero attached hydrogens (tertiary/aromatic N) is 1. The maximum Gasteiger partial charge on any atom is 0.191 e. The highest BCUT2D eigenvalue weighted by Gasteiger charge is 2.17. The van der Waals surface area contributed by atoms with Crippen molar-refractivity contribution in [2.24, 2.45) is 10.9 Å². The molecule has 2 heterocycles. The first-order valence-electron chi connectivity index (χ1n) is 11.4. The number of para-hydroxylation sites is 1. The van der Waals surface area contributed by atoms with Crippen LogP contribution < -0.4 is 15.4 Å². The summed E-state index contributed by atoms with van der Waals surface area (Å²) in [5, 5.41) is 8.15. The first kappa shape index (κ1) is 22.2. The van der Waals surface area contributed by atoms with Gasteiger partial charge in [-0.1, -0.05) is 30.3 Å². The van der Waals surface area contributed by atoms with Gasteiger partial charge in [-0.2, -0.15) is 0 Å². The van der Waals surface area contributed by atoms with Crippen molar-refractivity contribution in [3.63, 3.8) is 0 Å². The zero-order chi connectivity index (χ0) is 22.3. The lowest BCUT2D eigenvalue weighted by molar-refractivity contribution is 0.166. The molecule has 1 fully saturated rings. The van der Waals surface area contributed by atoms with Gasteiger partial charge in [0.15, 0.2) is 5.96 Å². The molecule has 32 heavy (non-hydrogen) atoms. The summed E-state index contributed by atoms with van der Waals surface area (Å²) in [6.07, 6.45) is 4.11. The average molecular weight is 435 g/mol. The number of nitrogens with one attached hydrogen (secondary N) is 3. The van der Waals surface area contributed by atoms with Gasteiger partial charge in [0.1, 0.15) is 5.75 Å². The zero-order valence-corrected chi connectivity index (χ0v) is 19.3. The molecule has 2 aromatic carbocycles. The Kier molecular flexibility index (Phi) is 7.32. The summed E-state index contributed by atoms with van der Waals surface area (Å²) >= 11 is 0. The molecule has 1 atom stereocenters. The molecule has 0 spiro atoms. The van der Waals surface area contributed by atoms with Gasteiger partial charge in [0, 0.05) is 55.3 Å². The number of aromatic amines is 1. The summed E-state index contributed by atoms with van der Waals surface area (Å²) < 4.78 is 11.6. The van der Waals surface area contributed by atoms with Crippen molar-refractivity contribution < 1.29 is 9.47 Å². The Labute approximate surface area is 190 Å². The summed E-state index contributed by atoms with van der Waals surface area (Å²) in [4.78, 5) is 7.79. The van der Waals surface area contributed by atoms with E-state index in [1.165, 1.54) is 27.6 Å². The fourth-order valence-electron chi connectivity index (χ4n) is 4.15. The number of guanidine groups is 1. The number of aliphatic imine (C=N–C) groups is 1. The van der Waals surface area contributed by atoms with Gasteiger partial charge in [-0.3, -0.25) is 4.99 Å². The second-order valence-corrected chi connectivity index (χ2v) is 8.57. The van der Waals surface area contributed by atoms with E-state index >= 15 is 0 Å². The molecule has 4 rings (SSSR count). The molecule has 0 radical (unpaired) electrons. The van der Waals surface area contributed by atoms with Crippen molar-refractivity contribution >= 4 is 16.9 Å². The first-order chi connectivity index (χ1) is 15.6. The van der Waals surface area contributed by atoms with Crippen LogP contribution >= 0.6 is 0 Å². The fourth-order valence-corrected chi connectivity index (χ4v) is 4.15. The van der Waals surface area contributed by atoms with Gasteiger partial charge in [-0.15, -0.1) is 0 Å². The Morgan fingerprint density at radius 1 is 1.19 bits per heavy atom. The van der Waals surface area contributed by atoms with Crippen LogP contribution in [-0.2, 0) is 17.7 Å². The van der Waals surface area contributed by atoms with Crippen LogP contribution in [0.2, 0.25) is 0 Å². The monoisotopic (exact) mass is 434 g/mol. The Balaban J connectivity index is 1.30. The van der Waals surface area contributed by atoms with E-state index in [2.05, 4.69) is 77.1 Å². The number of ether oxygens (including phenoxy) is 2. The van der Waals surface area contributed by atoms with Crippen molar-refractivity contribution in [2.75, 3.05) is 33.4 Å². The molecule has 1 unspecified atom stereocenters. The third kappa shape index (κ3) is 5.43. The van der Waals surface area contributed by atoms with Gasteiger partial charge in [0.2, 0.25) is 0 Å². The van der Waals surface area contributed by atoms with E-state index in [0.29, 0.717) is 19.1 Å².